The summed E-state index contributed by atoms with van der Waals surface area (Å²) in [5.74, 6) is 0.872. The Balaban J connectivity index is 1.55. The zero-order valence-electron chi connectivity index (χ0n) is 15.5. The first-order valence-electron chi connectivity index (χ1n) is 9.40. The molecule has 0 bridgehead atoms. The summed E-state index contributed by atoms with van der Waals surface area (Å²) in [5, 5.41) is 6.75. The number of nitrogens with one attached hydrogen (secondary N) is 2. The lowest BCUT2D eigenvalue weighted by Crippen LogP contribution is -2.38. The molecule has 0 aliphatic carbocycles. The van der Waals surface area contributed by atoms with E-state index in [1.807, 2.05) is 0 Å². The van der Waals surface area contributed by atoms with Gasteiger partial charge in [-0.2, -0.15) is 0 Å². The molecule has 0 radical (unpaired) electrons. The fourth-order valence-electron chi connectivity index (χ4n) is 3.02. The van der Waals surface area contributed by atoms with Crippen molar-refractivity contribution < 1.29 is 0 Å². The molecule has 2 aromatic rings. The maximum atomic E-state index is 4.74. The molecule has 3 rings (SSSR count). The van der Waals surface area contributed by atoms with E-state index in [0.29, 0.717) is 6.54 Å². The summed E-state index contributed by atoms with van der Waals surface area (Å²) in [6.07, 6.45) is 5.41. The molecule has 2 aromatic carbocycles. The minimum atomic E-state index is 0.676. The molecule has 1 aliphatic heterocycles. The number of anilines is 1. The Bertz CT molecular complexity index is 729. The van der Waals surface area contributed by atoms with E-state index in [1.54, 1.807) is 0 Å². The minimum absolute atomic E-state index is 0.676. The SMILES string of the molecule is CCNC(=NCc1cccc(N2CC=CC2)c1)NCCc1ccccc1. The molecule has 136 valence electrons. The van der Waals surface area contributed by atoms with Crippen LogP contribution in [0, 0.1) is 0 Å². The largest absolute Gasteiger partial charge is 0.364 e. The van der Waals surface area contributed by atoms with Crippen molar-refractivity contribution in [2.24, 2.45) is 4.99 Å². The third-order valence-electron chi connectivity index (χ3n) is 4.41. The number of aliphatic imine (C=N–C) groups is 1. The van der Waals surface area contributed by atoms with Gasteiger partial charge in [-0.3, -0.25) is 0 Å². The van der Waals surface area contributed by atoms with E-state index >= 15 is 0 Å². The standard InChI is InChI=1S/C22H28N4/c1-2-23-22(24-14-13-19-9-4-3-5-10-19)25-18-20-11-8-12-21(17-20)26-15-6-7-16-26/h3-12,17H,2,13-16,18H2,1H3,(H2,23,24,25). The molecule has 26 heavy (non-hydrogen) atoms. The zero-order chi connectivity index (χ0) is 18.0. The lowest BCUT2D eigenvalue weighted by molar-refractivity contribution is 0.799. The topological polar surface area (TPSA) is 39.7 Å². The highest BCUT2D eigenvalue weighted by atomic mass is 15.2. The molecule has 0 fully saturated rings. The van der Waals surface area contributed by atoms with Gasteiger partial charge in [0.05, 0.1) is 6.54 Å². The van der Waals surface area contributed by atoms with Crippen LogP contribution in [0.2, 0.25) is 0 Å². The van der Waals surface area contributed by atoms with Crippen LogP contribution in [-0.4, -0.2) is 32.1 Å². The summed E-state index contributed by atoms with van der Waals surface area (Å²) < 4.78 is 0. The molecule has 1 heterocycles. The smallest absolute Gasteiger partial charge is 0.191 e. The van der Waals surface area contributed by atoms with Gasteiger partial charge < -0.3 is 15.5 Å². The van der Waals surface area contributed by atoms with Gasteiger partial charge in [-0.05, 0) is 36.6 Å². The van der Waals surface area contributed by atoms with E-state index in [-0.39, 0.29) is 0 Å². The van der Waals surface area contributed by atoms with Crippen LogP contribution in [0.15, 0.2) is 71.7 Å². The van der Waals surface area contributed by atoms with Crippen molar-refractivity contribution in [3.05, 3.63) is 77.9 Å². The first kappa shape index (κ1) is 18.1. The number of guanidine groups is 1. The second kappa shape index (κ2) is 9.66. The first-order chi connectivity index (χ1) is 12.8. The van der Waals surface area contributed by atoms with E-state index in [2.05, 4.69) is 89.2 Å². The van der Waals surface area contributed by atoms with Crippen molar-refractivity contribution in [3.8, 4) is 0 Å². The van der Waals surface area contributed by atoms with Gasteiger partial charge in [0, 0.05) is 31.9 Å². The van der Waals surface area contributed by atoms with Gasteiger partial charge in [0.1, 0.15) is 0 Å². The fraction of sp³-hybridized carbons (Fsp3) is 0.318. The monoisotopic (exact) mass is 348 g/mol. The summed E-state index contributed by atoms with van der Waals surface area (Å²) in [7, 11) is 0. The molecule has 2 N–H and O–H groups in total. The highest BCUT2D eigenvalue weighted by Crippen LogP contribution is 2.18. The van der Waals surface area contributed by atoms with Crippen LogP contribution in [-0.2, 0) is 13.0 Å². The molecule has 0 amide bonds. The van der Waals surface area contributed by atoms with E-state index in [9.17, 15) is 0 Å². The molecule has 4 nitrogen and oxygen atoms in total. The van der Waals surface area contributed by atoms with Crippen molar-refractivity contribution >= 4 is 11.6 Å². The lowest BCUT2D eigenvalue weighted by Gasteiger charge is -2.18. The Labute approximate surface area is 156 Å². The van der Waals surface area contributed by atoms with Gasteiger partial charge in [0.2, 0.25) is 0 Å². The van der Waals surface area contributed by atoms with Gasteiger partial charge in [0.15, 0.2) is 5.96 Å². The Morgan fingerprint density at radius 3 is 2.50 bits per heavy atom. The van der Waals surface area contributed by atoms with Crippen molar-refractivity contribution in [2.75, 3.05) is 31.1 Å². The molecule has 0 unspecified atom stereocenters. The predicted octanol–water partition coefficient (Wildman–Crippen LogP) is 3.36. The maximum absolute atomic E-state index is 4.74. The van der Waals surface area contributed by atoms with Crippen LogP contribution >= 0.6 is 0 Å². The average Bonchev–Trinajstić information content (AvgIpc) is 3.22. The van der Waals surface area contributed by atoms with Crippen LogP contribution in [0.4, 0.5) is 5.69 Å². The van der Waals surface area contributed by atoms with Crippen LogP contribution in [0.1, 0.15) is 18.1 Å². The maximum Gasteiger partial charge on any atom is 0.191 e. The fourth-order valence-corrected chi connectivity index (χ4v) is 3.02. The number of hydrogen-bond donors (Lipinski definition) is 2. The van der Waals surface area contributed by atoms with Crippen LogP contribution < -0.4 is 15.5 Å². The number of benzene rings is 2. The van der Waals surface area contributed by atoms with Crippen molar-refractivity contribution in [1.29, 1.82) is 0 Å². The van der Waals surface area contributed by atoms with Crippen LogP contribution in [0.3, 0.4) is 0 Å². The quantitative estimate of drug-likeness (QED) is 0.458. The summed E-state index contributed by atoms with van der Waals surface area (Å²) in [5.41, 5.74) is 3.84. The second-order valence-corrected chi connectivity index (χ2v) is 6.40. The zero-order valence-corrected chi connectivity index (χ0v) is 15.5. The average molecular weight is 348 g/mol. The summed E-state index contributed by atoms with van der Waals surface area (Å²) in [6, 6.07) is 19.2. The summed E-state index contributed by atoms with van der Waals surface area (Å²) in [6.45, 7) is 6.49. The van der Waals surface area contributed by atoms with E-state index in [1.165, 1.54) is 16.8 Å². The minimum Gasteiger partial charge on any atom is -0.364 e. The molecule has 0 aromatic heterocycles. The molecular formula is C22H28N4. The highest BCUT2D eigenvalue weighted by molar-refractivity contribution is 5.79. The van der Waals surface area contributed by atoms with Gasteiger partial charge >= 0.3 is 0 Å². The lowest BCUT2D eigenvalue weighted by atomic mass is 10.1. The normalized spacial score (nSPS) is 13.9. The third kappa shape index (κ3) is 5.38. The summed E-state index contributed by atoms with van der Waals surface area (Å²) in [4.78, 5) is 7.10. The molecule has 4 heteroatoms. The van der Waals surface area contributed by atoms with Crippen molar-refractivity contribution in [3.63, 3.8) is 0 Å². The van der Waals surface area contributed by atoms with Crippen LogP contribution in [0.5, 0.6) is 0 Å². The van der Waals surface area contributed by atoms with Gasteiger partial charge in [0.25, 0.3) is 0 Å². The molecule has 0 spiro atoms. The first-order valence-corrected chi connectivity index (χ1v) is 9.40. The Hall–Kier alpha value is -2.75. The van der Waals surface area contributed by atoms with Gasteiger partial charge in [-0.25, -0.2) is 4.99 Å². The van der Waals surface area contributed by atoms with E-state index in [4.69, 9.17) is 4.99 Å². The van der Waals surface area contributed by atoms with E-state index < -0.39 is 0 Å². The highest BCUT2D eigenvalue weighted by Gasteiger charge is 2.07. The predicted molar refractivity (Wildman–Crippen MR) is 111 cm³/mol. The van der Waals surface area contributed by atoms with Gasteiger partial charge in [-0.15, -0.1) is 0 Å². The number of rotatable bonds is 7. The van der Waals surface area contributed by atoms with Crippen molar-refractivity contribution in [1.82, 2.24) is 10.6 Å². The molecule has 0 atom stereocenters. The van der Waals surface area contributed by atoms with Gasteiger partial charge in [-0.1, -0.05) is 54.6 Å². The third-order valence-corrected chi connectivity index (χ3v) is 4.41. The number of nitrogens with zero attached hydrogens (tertiary/aromatic N) is 2. The van der Waals surface area contributed by atoms with Crippen molar-refractivity contribution in [2.45, 2.75) is 19.9 Å². The molecule has 0 saturated heterocycles. The number of hydrogen-bond acceptors (Lipinski definition) is 2. The molecule has 1 aliphatic rings. The van der Waals surface area contributed by atoms with Crippen LogP contribution in [0.25, 0.3) is 0 Å². The van der Waals surface area contributed by atoms with E-state index in [0.717, 1.165) is 38.6 Å². The Kier molecular flexibility index (Phi) is 6.71. The molecule has 0 saturated carbocycles. The Morgan fingerprint density at radius 2 is 1.73 bits per heavy atom. The summed E-state index contributed by atoms with van der Waals surface area (Å²) >= 11 is 0. The second-order valence-electron chi connectivity index (χ2n) is 6.40. The Morgan fingerprint density at radius 1 is 0.962 bits per heavy atom. The molecular weight excluding hydrogens is 320 g/mol.